The molecule has 3 aromatic rings. The fourth-order valence-corrected chi connectivity index (χ4v) is 4.69. The molecule has 4 heterocycles. The van der Waals surface area contributed by atoms with Gasteiger partial charge in [-0.25, -0.2) is 9.97 Å². The van der Waals surface area contributed by atoms with Crippen LogP contribution in [0.2, 0.25) is 0 Å². The van der Waals surface area contributed by atoms with Crippen molar-refractivity contribution in [3.63, 3.8) is 0 Å². The van der Waals surface area contributed by atoms with Crippen LogP contribution >= 0.6 is 11.3 Å². The van der Waals surface area contributed by atoms with Gasteiger partial charge in [0.25, 0.3) is 0 Å². The summed E-state index contributed by atoms with van der Waals surface area (Å²) in [5.74, 6) is 0.995. The first-order valence-corrected chi connectivity index (χ1v) is 8.59. The van der Waals surface area contributed by atoms with Crippen molar-refractivity contribution in [2.24, 2.45) is 0 Å². The highest BCUT2D eigenvalue weighted by Crippen LogP contribution is 2.58. The van der Waals surface area contributed by atoms with E-state index in [-0.39, 0.29) is 11.6 Å². The van der Waals surface area contributed by atoms with Crippen molar-refractivity contribution < 1.29 is 0 Å². The molecular weight excluding hydrogens is 304 g/mol. The maximum Gasteiger partial charge on any atom is 0.162 e. The van der Waals surface area contributed by atoms with Gasteiger partial charge in [0.15, 0.2) is 5.82 Å². The van der Waals surface area contributed by atoms with Gasteiger partial charge in [-0.3, -0.25) is 4.90 Å². The summed E-state index contributed by atoms with van der Waals surface area (Å²) in [7, 11) is 0. The number of aromatic nitrogens is 2. The largest absolute Gasteiger partial charge is 0.314 e. The number of hydrogen-bond donors (Lipinski definition) is 0. The van der Waals surface area contributed by atoms with Gasteiger partial charge in [0, 0.05) is 11.1 Å². The van der Waals surface area contributed by atoms with Crippen molar-refractivity contribution in [1.82, 2.24) is 9.97 Å². The lowest BCUT2D eigenvalue weighted by Crippen LogP contribution is -2.46. The molecule has 5 heteroatoms. The molecule has 1 unspecified atom stereocenters. The van der Waals surface area contributed by atoms with Gasteiger partial charge in [0.05, 0.1) is 11.2 Å². The zero-order valence-corrected chi connectivity index (χ0v) is 13.8. The van der Waals surface area contributed by atoms with Crippen LogP contribution in [0, 0.1) is 0 Å². The molecule has 0 saturated carbocycles. The van der Waals surface area contributed by atoms with Crippen LogP contribution in [0.1, 0.15) is 19.4 Å². The Hall–Kier alpha value is -2.40. The van der Waals surface area contributed by atoms with Crippen molar-refractivity contribution in [2.75, 3.05) is 9.80 Å². The SMILES string of the molecule is CC1(C)c2ccccc2N2c3cncnc3N(c3cccs3)C21. The molecule has 1 atom stereocenters. The van der Waals surface area contributed by atoms with Gasteiger partial charge in [-0.2, -0.15) is 0 Å². The van der Waals surface area contributed by atoms with E-state index in [1.807, 2.05) is 6.20 Å². The van der Waals surface area contributed by atoms with E-state index < -0.39 is 0 Å². The zero-order valence-electron chi connectivity index (χ0n) is 13.0. The molecule has 0 N–H and O–H groups in total. The molecule has 0 fully saturated rings. The van der Waals surface area contributed by atoms with Crippen LogP contribution < -0.4 is 9.80 Å². The third-order valence-corrected chi connectivity index (χ3v) is 5.76. The molecule has 4 nitrogen and oxygen atoms in total. The quantitative estimate of drug-likeness (QED) is 0.663. The van der Waals surface area contributed by atoms with E-state index in [9.17, 15) is 0 Å². The van der Waals surface area contributed by atoms with Crippen molar-refractivity contribution in [3.8, 4) is 0 Å². The summed E-state index contributed by atoms with van der Waals surface area (Å²) in [5, 5.41) is 3.34. The van der Waals surface area contributed by atoms with Crippen molar-refractivity contribution >= 4 is 33.5 Å². The minimum atomic E-state index is -0.0126. The highest BCUT2D eigenvalue weighted by molar-refractivity contribution is 7.14. The third-order valence-electron chi connectivity index (χ3n) is 4.90. The summed E-state index contributed by atoms with van der Waals surface area (Å²) in [5.41, 5.74) is 3.71. The zero-order chi connectivity index (χ0) is 15.6. The summed E-state index contributed by atoms with van der Waals surface area (Å²) in [6, 6.07) is 12.9. The molecule has 1 aromatic carbocycles. The number of anilines is 4. The van der Waals surface area contributed by atoms with Crippen LogP contribution in [-0.4, -0.2) is 16.1 Å². The lowest BCUT2D eigenvalue weighted by atomic mass is 9.83. The minimum absolute atomic E-state index is 0.0126. The molecule has 2 aromatic heterocycles. The Morgan fingerprint density at radius 2 is 1.91 bits per heavy atom. The van der Waals surface area contributed by atoms with Gasteiger partial charge in [-0.05, 0) is 29.1 Å². The average molecular weight is 320 g/mol. The number of hydrogen-bond acceptors (Lipinski definition) is 5. The highest BCUT2D eigenvalue weighted by atomic mass is 32.1. The first-order valence-electron chi connectivity index (χ1n) is 7.71. The van der Waals surface area contributed by atoms with Crippen LogP contribution in [0.15, 0.2) is 54.3 Å². The van der Waals surface area contributed by atoms with Crippen LogP contribution in [0.4, 0.5) is 22.2 Å². The second kappa shape index (κ2) is 4.32. The van der Waals surface area contributed by atoms with Gasteiger partial charge >= 0.3 is 0 Å². The lowest BCUT2D eigenvalue weighted by Gasteiger charge is -2.35. The maximum atomic E-state index is 4.60. The maximum absolute atomic E-state index is 4.60. The first kappa shape index (κ1) is 13.1. The number of nitrogens with zero attached hydrogens (tertiary/aromatic N) is 4. The minimum Gasteiger partial charge on any atom is -0.314 e. The summed E-state index contributed by atoms with van der Waals surface area (Å²) in [4.78, 5) is 13.6. The second-order valence-electron chi connectivity index (χ2n) is 6.54. The van der Waals surface area contributed by atoms with Crippen LogP contribution in [0.5, 0.6) is 0 Å². The number of thiophene rings is 1. The summed E-state index contributed by atoms with van der Waals surface area (Å²) < 4.78 is 0. The number of benzene rings is 1. The predicted octanol–water partition coefficient (Wildman–Crippen LogP) is 4.45. The molecule has 0 bridgehead atoms. The molecule has 0 radical (unpaired) electrons. The second-order valence-corrected chi connectivity index (χ2v) is 7.46. The Labute approximate surface area is 139 Å². The molecule has 23 heavy (non-hydrogen) atoms. The molecule has 0 spiro atoms. The molecule has 5 rings (SSSR count). The Morgan fingerprint density at radius 3 is 2.74 bits per heavy atom. The highest BCUT2D eigenvalue weighted by Gasteiger charge is 2.54. The van der Waals surface area contributed by atoms with Gasteiger partial charge in [-0.1, -0.05) is 32.0 Å². The molecule has 0 aliphatic carbocycles. The van der Waals surface area contributed by atoms with Crippen LogP contribution in [0.25, 0.3) is 0 Å². The van der Waals surface area contributed by atoms with E-state index in [0.717, 1.165) is 11.5 Å². The third kappa shape index (κ3) is 1.55. The lowest BCUT2D eigenvalue weighted by molar-refractivity contribution is 0.451. The summed E-state index contributed by atoms with van der Waals surface area (Å²) in [6.07, 6.45) is 3.76. The summed E-state index contributed by atoms with van der Waals surface area (Å²) >= 11 is 1.75. The van der Waals surface area contributed by atoms with E-state index in [4.69, 9.17) is 0 Å². The Morgan fingerprint density at radius 1 is 1.04 bits per heavy atom. The Balaban J connectivity index is 1.82. The Kier molecular flexibility index (Phi) is 2.46. The molecule has 2 aliphatic heterocycles. The monoisotopic (exact) mass is 320 g/mol. The number of para-hydroxylation sites is 1. The van der Waals surface area contributed by atoms with Crippen molar-refractivity contribution in [2.45, 2.75) is 25.4 Å². The van der Waals surface area contributed by atoms with Gasteiger partial charge < -0.3 is 4.90 Å². The molecule has 0 amide bonds. The normalized spacial score (nSPS) is 20.3. The van der Waals surface area contributed by atoms with Gasteiger partial charge in [-0.15, -0.1) is 11.3 Å². The molecule has 2 aliphatic rings. The fraction of sp³-hybridized carbons (Fsp3) is 0.222. The standard InChI is InChI=1S/C18H16N4S/c1-18(2)12-6-3-4-7-13(12)21-14-10-19-11-20-16(14)22(17(18)21)15-8-5-9-23-15/h3-11,17H,1-2H3. The van der Waals surface area contributed by atoms with Crippen molar-refractivity contribution in [3.05, 3.63) is 59.9 Å². The fourth-order valence-electron chi connectivity index (χ4n) is 3.94. The van der Waals surface area contributed by atoms with E-state index in [0.29, 0.717) is 0 Å². The Bertz CT molecular complexity index is 886. The molecule has 0 saturated heterocycles. The van der Waals surface area contributed by atoms with Gasteiger partial charge in [0.1, 0.15) is 18.2 Å². The van der Waals surface area contributed by atoms with E-state index >= 15 is 0 Å². The van der Waals surface area contributed by atoms with E-state index in [2.05, 4.69) is 75.4 Å². The van der Waals surface area contributed by atoms with Crippen molar-refractivity contribution in [1.29, 1.82) is 0 Å². The van der Waals surface area contributed by atoms with Crippen LogP contribution in [0.3, 0.4) is 0 Å². The van der Waals surface area contributed by atoms with E-state index in [1.165, 1.54) is 16.3 Å². The van der Waals surface area contributed by atoms with Crippen LogP contribution in [-0.2, 0) is 5.41 Å². The van der Waals surface area contributed by atoms with Gasteiger partial charge in [0.2, 0.25) is 0 Å². The predicted molar refractivity (Wildman–Crippen MR) is 93.9 cm³/mol. The smallest absolute Gasteiger partial charge is 0.162 e. The average Bonchev–Trinajstić information content (AvgIpc) is 3.24. The topological polar surface area (TPSA) is 32.3 Å². The number of rotatable bonds is 1. The first-order chi connectivity index (χ1) is 11.2. The van der Waals surface area contributed by atoms with E-state index in [1.54, 1.807) is 17.7 Å². The number of fused-ring (bicyclic) bond motifs is 5. The molecular formula is C18H16N4S. The molecule has 114 valence electrons. The summed E-state index contributed by atoms with van der Waals surface area (Å²) in [6.45, 7) is 4.63.